The lowest BCUT2D eigenvalue weighted by Gasteiger charge is -2.35. The molecule has 1 saturated carbocycles. The minimum atomic E-state index is -4.34. The van der Waals surface area contributed by atoms with Crippen molar-refractivity contribution >= 4 is 50.7 Å². The monoisotopic (exact) mass is 737 g/mol. The maximum absolute atomic E-state index is 14.7. The van der Waals surface area contributed by atoms with E-state index < -0.39 is 28.5 Å². The molecular weight excluding hydrogens is 697 g/mol. The van der Waals surface area contributed by atoms with Crippen LogP contribution in [0.1, 0.15) is 43.2 Å². The SMILES string of the molecule is COc1ccc(S(=O)(=O)N(CC(=O)N(Cc2ccc(Cl)c(Cl)c2)[C@H](Cc2ccccc2)C(=O)NC2CCCCC2)c2ccccc2)cc1OC. The van der Waals surface area contributed by atoms with E-state index in [4.69, 9.17) is 32.7 Å². The summed E-state index contributed by atoms with van der Waals surface area (Å²) in [6.45, 7) is -0.617. The van der Waals surface area contributed by atoms with Gasteiger partial charge in [-0.2, -0.15) is 0 Å². The number of methoxy groups -OCH3 is 2. The van der Waals surface area contributed by atoms with Gasteiger partial charge >= 0.3 is 0 Å². The fourth-order valence-electron chi connectivity index (χ4n) is 6.16. The van der Waals surface area contributed by atoms with Gasteiger partial charge < -0.3 is 19.7 Å². The van der Waals surface area contributed by atoms with Crippen molar-refractivity contribution in [1.82, 2.24) is 10.2 Å². The summed E-state index contributed by atoms with van der Waals surface area (Å²) in [5, 5.41) is 3.85. The summed E-state index contributed by atoms with van der Waals surface area (Å²) in [4.78, 5) is 30.4. The molecule has 0 saturated heterocycles. The van der Waals surface area contributed by atoms with Gasteiger partial charge in [-0.1, -0.05) is 97.1 Å². The van der Waals surface area contributed by atoms with E-state index in [2.05, 4.69) is 5.32 Å². The van der Waals surface area contributed by atoms with Gasteiger partial charge in [0.15, 0.2) is 11.5 Å². The highest BCUT2D eigenvalue weighted by Gasteiger charge is 2.36. The lowest BCUT2D eigenvalue weighted by atomic mass is 9.94. The second-order valence-electron chi connectivity index (χ2n) is 12.2. The van der Waals surface area contributed by atoms with Crippen LogP contribution in [0.15, 0.2) is 102 Å². The first kappa shape index (κ1) is 37.0. The Kier molecular flexibility index (Phi) is 12.7. The van der Waals surface area contributed by atoms with Crippen LogP contribution >= 0.6 is 23.2 Å². The third-order valence-electron chi connectivity index (χ3n) is 8.83. The van der Waals surface area contributed by atoms with E-state index in [1.54, 1.807) is 48.5 Å². The van der Waals surface area contributed by atoms with Crippen molar-refractivity contribution < 1.29 is 27.5 Å². The van der Waals surface area contributed by atoms with Crippen molar-refractivity contribution in [3.05, 3.63) is 118 Å². The summed E-state index contributed by atoms with van der Waals surface area (Å²) in [5.41, 5.74) is 1.75. The van der Waals surface area contributed by atoms with Crippen LogP contribution in [0.3, 0.4) is 0 Å². The van der Waals surface area contributed by atoms with E-state index in [9.17, 15) is 18.0 Å². The summed E-state index contributed by atoms with van der Waals surface area (Å²) >= 11 is 12.6. The summed E-state index contributed by atoms with van der Waals surface area (Å²) < 4.78 is 40.6. The Morgan fingerprint density at radius 3 is 2.10 bits per heavy atom. The van der Waals surface area contributed by atoms with Crippen molar-refractivity contribution in [2.45, 2.75) is 62.0 Å². The van der Waals surface area contributed by atoms with Gasteiger partial charge in [0.2, 0.25) is 11.8 Å². The highest BCUT2D eigenvalue weighted by atomic mass is 35.5. The summed E-state index contributed by atoms with van der Waals surface area (Å²) in [7, 11) is -1.47. The van der Waals surface area contributed by atoms with Crippen molar-refractivity contribution in [3.63, 3.8) is 0 Å². The smallest absolute Gasteiger partial charge is 0.264 e. The number of carbonyl (C=O) groups is 2. The Balaban J connectivity index is 1.58. The van der Waals surface area contributed by atoms with Crippen molar-refractivity contribution in [2.75, 3.05) is 25.1 Å². The van der Waals surface area contributed by atoms with Crippen LogP contribution in [-0.2, 0) is 32.6 Å². The molecule has 4 aromatic carbocycles. The fraction of sp³-hybridized carbons (Fsp3) is 0.316. The summed E-state index contributed by atoms with van der Waals surface area (Å²) in [6, 6.07) is 26.1. The zero-order chi connectivity index (χ0) is 35.7. The van der Waals surface area contributed by atoms with Crippen molar-refractivity contribution in [2.24, 2.45) is 0 Å². The minimum Gasteiger partial charge on any atom is -0.493 e. The van der Waals surface area contributed by atoms with E-state index in [-0.39, 0.29) is 41.2 Å². The van der Waals surface area contributed by atoms with Crippen LogP contribution in [0.4, 0.5) is 5.69 Å². The van der Waals surface area contributed by atoms with Crippen molar-refractivity contribution in [3.8, 4) is 11.5 Å². The van der Waals surface area contributed by atoms with Gasteiger partial charge in [-0.3, -0.25) is 13.9 Å². The highest BCUT2D eigenvalue weighted by Crippen LogP contribution is 2.33. The zero-order valence-electron chi connectivity index (χ0n) is 28.1. The molecule has 9 nitrogen and oxygen atoms in total. The molecule has 0 aromatic heterocycles. The van der Waals surface area contributed by atoms with Crippen LogP contribution in [0.5, 0.6) is 11.5 Å². The summed E-state index contributed by atoms with van der Waals surface area (Å²) in [6.07, 6.45) is 5.07. The standard InChI is InChI=1S/C38H41Cl2N3O6S/c1-48-35-21-19-31(24-36(35)49-2)50(46,47)43(30-16-10-5-11-17-30)26-37(44)42(25-28-18-20-32(39)33(40)22-28)34(23-27-12-6-3-7-13-27)38(45)41-29-14-8-4-9-15-29/h3,5-7,10-13,16-22,24,29,34H,4,8-9,14-15,23,25-26H2,1-2H3,(H,41,45)/t34-/m1/s1. The number of carbonyl (C=O) groups excluding carboxylic acids is 2. The number of para-hydroxylation sites is 1. The topological polar surface area (TPSA) is 105 Å². The van der Waals surface area contributed by atoms with Crippen LogP contribution in [0.2, 0.25) is 10.0 Å². The number of anilines is 1. The first-order valence-corrected chi connectivity index (χ1v) is 18.7. The molecule has 5 rings (SSSR count). The lowest BCUT2D eigenvalue weighted by molar-refractivity contribution is -0.140. The van der Waals surface area contributed by atoms with Gasteiger partial charge in [-0.05, 0) is 60.4 Å². The number of nitrogens with zero attached hydrogens (tertiary/aromatic N) is 2. The number of benzene rings is 4. The first-order valence-electron chi connectivity index (χ1n) is 16.5. The fourth-order valence-corrected chi connectivity index (χ4v) is 7.91. The van der Waals surface area contributed by atoms with E-state index >= 15 is 0 Å². The predicted octanol–water partition coefficient (Wildman–Crippen LogP) is 7.29. The second kappa shape index (κ2) is 17.1. The average Bonchev–Trinajstić information content (AvgIpc) is 3.14. The molecule has 0 unspecified atom stereocenters. The third kappa shape index (κ3) is 9.10. The molecule has 50 heavy (non-hydrogen) atoms. The number of hydrogen-bond acceptors (Lipinski definition) is 6. The second-order valence-corrected chi connectivity index (χ2v) is 14.9. The Morgan fingerprint density at radius 1 is 0.800 bits per heavy atom. The molecule has 264 valence electrons. The number of nitrogens with one attached hydrogen (secondary N) is 1. The maximum Gasteiger partial charge on any atom is 0.264 e. The molecule has 0 radical (unpaired) electrons. The van der Waals surface area contributed by atoms with Gasteiger partial charge in [0.25, 0.3) is 10.0 Å². The highest BCUT2D eigenvalue weighted by molar-refractivity contribution is 7.92. The van der Waals surface area contributed by atoms with Gasteiger partial charge in [-0.25, -0.2) is 8.42 Å². The maximum atomic E-state index is 14.7. The Bertz CT molecular complexity index is 1870. The third-order valence-corrected chi connectivity index (χ3v) is 11.3. The van der Waals surface area contributed by atoms with Crippen LogP contribution < -0.4 is 19.1 Å². The molecule has 1 atom stereocenters. The molecule has 1 fully saturated rings. The molecule has 1 aliphatic carbocycles. The molecule has 0 spiro atoms. The zero-order valence-corrected chi connectivity index (χ0v) is 30.4. The molecular formula is C38H41Cl2N3O6S. The number of ether oxygens (including phenoxy) is 2. The lowest BCUT2D eigenvalue weighted by Crippen LogP contribution is -2.55. The van der Waals surface area contributed by atoms with Crippen LogP contribution in [0.25, 0.3) is 0 Å². The van der Waals surface area contributed by atoms with E-state index in [0.717, 1.165) is 42.0 Å². The van der Waals surface area contributed by atoms with Crippen LogP contribution in [-0.4, -0.2) is 58.0 Å². The first-order chi connectivity index (χ1) is 24.1. The van der Waals surface area contributed by atoms with Gasteiger partial charge in [-0.15, -0.1) is 0 Å². The molecule has 0 heterocycles. The molecule has 1 N–H and O–H groups in total. The molecule has 0 aliphatic heterocycles. The van der Waals surface area contributed by atoms with Gasteiger partial charge in [0.05, 0.1) is 34.8 Å². The minimum absolute atomic E-state index is 0.0114. The molecule has 2 amide bonds. The Hall–Kier alpha value is -4.25. The normalized spacial score (nSPS) is 14.0. The Morgan fingerprint density at radius 2 is 1.46 bits per heavy atom. The van der Waals surface area contributed by atoms with Gasteiger partial charge in [0, 0.05) is 25.1 Å². The number of sulfonamides is 1. The van der Waals surface area contributed by atoms with Crippen LogP contribution in [0, 0.1) is 0 Å². The summed E-state index contributed by atoms with van der Waals surface area (Å²) in [5.74, 6) is -0.308. The number of rotatable bonds is 14. The van der Waals surface area contributed by atoms with E-state index in [1.807, 2.05) is 30.3 Å². The van der Waals surface area contributed by atoms with Crippen molar-refractivity contribution in [1.29, 1.82) is 0 Å². The number of hydrogen-bond donors (Lipinski definition) is 1. The largest absolute Gasteiger partial charge is 0.493 e. The molecule has 0 bridgehead atoms. The molecule has 12 heteroatoms. The number of halogens is 2. The quantitative estimate of drug-likeness (QED) is 0.146. The van der Waals surface area contributed by atoms with Gasteiger partial charge in [0.1, 0.15) is 12.6 Å². The van der Waals surface area contributed by atoms with E-state index in [1.165, 1.54) is 37.3 Å². The molecule has 4 aromatic rings. The Labute approximate surface area is 304 Å². The predicted molar refractivity (Wildman–Crippen MR) is 196 cm³/mol. The average molecular weight is 739 g/mol. The molecule has 1 aliphatic rings. The number of amides is 2. The van der Waals surface area contributed by atoms with E-state index in [0.29, 0.717) is 21.4 Å².